The van der Waals surface area contributed by atoms with Gasteiger partial charge in [-0.15, -0.1) is 11.6 Å². The van der Waals surface area contributed by atoms with E-state index in [0.29, 0.717) is 11.3 Å². The molecule has 0 atom stereocenters. The third-order valence-electron chi connectivity index (χ3n) is 3.30. The van der Waals surface area contributed by atoms with E-state index in [9.17, 15) is 4.39 Å². The van der Waals surface area contributed by atoms with Gasteiger partial charge in [0.15, 0.2) is 0 Å². The first-order valence-corrected chi connectivity index (χ1v) is 7.09. The smallest absolute Gasteiger partial charge is 0.133 e. The molecule has 108 valence electrons. The average molecular weight is 305 g/mol. The number of aryl methyl sites for hydroxylation is 1. The van der Waals surface area contributed by atoms with Crippen molar-refractivity contribution in [3.8, 4) is 5.75 Å². The zero-order chi connectivity index (χ0) is 14.8. The zero-order valence-corrected chi connectivity index (χ0v) is 12.3. The summed E-state index contributed by atoms with van der Waals surface area (Å²) in [4.78, 5) is 0. The Hall–Kier alpha value is -2.07. The van der Waals surface area contributed by atoms with E-state index in [1.54, 1.807) is 6.07 Å². The van der Waals surface area contributed by atoms with Crippen molar-refractivity contribution in [2.75, 3.05) is 0 Å². The summed E-state index contributed by atoms with van der Waals surface area (Å²) >= 11 is 5.73. The number of hydrogen-bond donors (Lipinski definition) is 0. The second-order valence-electron chi connectivity index (χ2n) is 4.80. The number of hydrogen-bond acceptors (Lipinski definition) is 2. The number of rotatable bonds is 4. The van der Waals surface area contributed by atoms with Gasteiger partial charge in [-0.3, -0.25) is 4.68 Å². The molecule has 0 radical (unpaired) electrons. The summed E-state index contributed by atoms with van der Waals surface area (Å²) in [5.74, 6) is 0.357. The van der Waals surface area contributed by atoms with Crippen molar-refractivity contribution >= 4 is 22.5 Å². The van der Waals surface area contributed by atoms with Crippen LogP contribution in [0, 0.1) is 5.82 Å². The van der Waals surface area contributed by atoms with Crippen LogP contribution in [-0.2, 0) is 19.5 Å². The summed E-state index contributed by atoms with van der Waals surface area (Å²) < 4.78 is 20.9. The Kier molecular flexibility index (Phi) is 3.80. The highest BCUT2D eigenvalue weighted by molar-refractivity contribution is 6.17. The zero-order valence-electron chi connectivity index (χ0n) is 11.5. The predicted octanol–water partition coefficient (Wildman–Crippen LogP) is 4.03. The summed E-state index contributed by atoms with van der Waals surface area (Å²) in [6.45, 7) is 0.284. The van der Waals surface area contributed by atoms with Crippen molar-refractivity contribution in [3.05, 3.63) is 59.5 Å². The van der Waals surface area contributed by atoms with Crippen LogP contribution in [0.25, 0.3) is 10.9 Å². The molecule has 0 unspecified atom stereocenters. The van der Waals surface area contributed by atoms with E-state index < -0.39 is 0 Å². The topological polar surface area (TPSA) is 27.1 Å². The molecule has 0 saturated carbocycles. The molecule has 2 aromatic carbocycles. The lowest BCUT2D eigenvalue weighted by atomic mass is 10.2. The molecule has 0 fully saturated rings. The van der Waals surface area contributed by atoms with Crippen LogP contribution in [0.2, 0.25) is 0 Å². The molecule has 1 heterocycles. The van der Waals surface area contributed by atoms with Crippen molar-refractivity contribution in [2.24, 2.45) is 7.05 Å². The first-order chi connectivity index (χ1) is 10.2. The molecule has 3 aromatic rings. The van der Waals surface area contributed by atoms with Gasteiger partial charge in [0.25, 0.3) is 0 Å². The number of para-hydroxylation sites is 1. The maximum absolute atomic E-state index is 13.4. The third-order valence-corrected chi connectivity index (χ3v) is 3.60. The standard InChI is InChI=1S/C16H14ClFN2O/c1-20-16-5-3-2-4-14(16)15(19-20)10-21-13-7-11(9-17)6-12(18)8-13/h2-8H,9-10H2,1H3. The highest BCUT2D eigenvalue weighted by Gasteiger charge is 2.09. The van der Waals surface area contributed by atoms with E-state index in [2.05, 4.69) is 5.10 Å². The summed E-state index contributed by atoms with van der Waals surface area (Å²) in [6.07, 6.45) is 0. The van der Waals surface area contributed by atoms with E-state index in [4.69, 9.17) is 16.3 Å². The van der Waals surface area contributed by atoms with Crippen molar-refractivity contribution in [1.29, 1.82) is 0 Å². The normalized spacial score (nSPS) is 11.0. The SMILES string of the molecule is Cn1nc(COc2cc(F)cc(CCl)c2)c2ccccc21. The Morgan fingerprint density at radius 3 is 2.86 bits per heavy atom. The molecular formula is C16H14ClFN2O. The molecule has 0 bridgehead atoms. The fourth-order valence-corrected chi connectivity index (χ4v) is 2.48. The minimum atomic E-state index is -0.353. The van der Waals surface area contributed by atoms with Crippen molar-refractivity contribution in [2.45, 2.75) is 12.5 Å². The van der Waals surface area contributed by atoms with Crippen LogP contribution in [0.15, 0.2) is 42.5 Å². The summed E-state index contributed by atoms with van der Waals surface area (Å²) in [5, 5.41) is 5.48. The molecule has 1 aromatic heterocycles. The number of ether oxygens (including phenoxy) is 1. The molecule has 0 saturated heterocycles. The Morgan fingerprint density at radius 1 is 1.24 bits per heavy atom. The molecule has 0 amide bonds. The fourth-order valence-electron chi connectivity index (χ4n) is 2.33. The monoisotopic (exact) mass is 304 g/mol. The number of benzene rings is 2. The highest BCUT2D eigenvalue weighted by atomic mass is 35.5. The van der Waals surface area contributed by atoms with Crippen LogP contribution in [-0.4, -0.2) is 9.78 Å². The van der Waals surface area contributed by atoms with Gasteiger partial charge >= 0.3 is 0 Å². The molecule has 0 N–H and O–H groups in total. The number of nitrogens with zero attached hydrogens (tertiary/aromatic N) is 2. The molecule has 0 aliphatic carbocycles. The maximum atomic E-state index is 13.4. The summed E-state index contributed by atoms with van der Waals surface area (Å²) in [6, 6.07) is 12.4. The van der Waals surface area contributed by atoms with Gasteiger partial charge in [0.1, 0.15) is 23.9 Å². The molecule has 0 spiro atoms. The second kappa shape index (κ2) is 5.74. The van der Waals surface area contributed by atoms with Gasteiger partial charge in [-0.25, -0.2) is 4.39 Å². The molecule has 21 heavy (non-hydrogen) atoms. The third kappa shape index (κ3) is 2.85. The van der Waals surface area contributed by atoms with Gasteiger partial charge in [-0.2, -0.15) is 5.10 Å². The van der Waals surface area contributed by atoms with Gasteiger partial charge < -0.3 is 4.74 Å². The molecule has 0 aliphatic heterocycles. The average Bonchev–Trinajstić information content (AvgIpc) is 2.82. The Labute approximate surface area is 126 Å². The van der Waals surface area contributed by atoms with Crippen LogP contribution < -0.4 is 4.74 Å². The van der Waals surface area contributed by atoms with Crippen molar-refractivity contribution in [3.63, 3.8) is 0 Å². The van der Waals surface area contributed by atoms with Gasteiger partial charge in [-0.05, 0) is 23.8 Å². The largest absolute Gasteiger partial charge is 0.487 e. The van der Waals surface area contributed by atoms with Gasteiger partial charge in [0.05, 0.1) is 5.52 Å². The Morgan fingerprint density at radius 2 is 2.05 bits per heavy atom. The lowest BCUT2D eigenvalue weighted by Crippen LogP contribution is -1.99. The van der Waals surface area contributed by atoms with Crippen LogP contribution in [0.3, 0.4) is 0 Å². The van der Waals surface area contributed by atoms with Crippen LogP contribution in [0.1, 0.15) is 11.3 Å². The van der Waals surface area contributed by atoms with E-state index in [1.807, 2.05) is 36.0 Å². The predicted molar refractivity (Wildman–Crippen MR) is 81.0 cm³/mol. The van der Waals surface area contributed by atoms with Gasteiger partial charge in [0, 0.05) is 24.4 Å². The Bertz CT molecular complexity index is 785. The molecule has 3 rings (SSSR count). The summed E-state index contributed by atoms with van der Waals surface area (Å²) in [5.41, 5.74) is 2.55. The second-order valence-corrected chi connectivity index (χ2v) is 5.07. The number of fused-ring (bicyclic) bond motifs is 1. The van der Waals surface area contributed by atoms with Gasteiger partial charge in [0.2, 0.25) is 0 Å². The Balaban J connectivity index is 1.85. The molecule has 5 heteroatoms. The quantitative estimate of drug-likeness (QED) is 0.680. The van der Waals surface area contributed by atoms with E-state index >= 15 is 0 Å². The fraction of sp³-hybridized carbons (Fsp3) is 0.188. The van der Waals surface area contributed by atoms with E-state index in [-0.39, 0.29) is 18.3 Å². The van der Waals surface area contributed by atoms with E-state index in [1.165, 1.54) is 12.1 Å². The number of halogens is 2. The maximum Gasteiger partial charge on any atom is 0.133 e. The minimum Gasteiger partial charge on any atom is -0.487 e. The molecular weight excluding hydrogens is 291 g/mol. The van der Waals surface area contributed by atoms with Crippen molar-refractivity contribution < 1.29 is 9.13 Å². The van der Waals surface area contributed by atoms with Crippen molar-refractivity contribution in [1.82, 2.24) is 9.78 Å². The van der Waals surface area contributed by atoms with Crippen LogP contribution >= 0.6 is 11.6 Å². The summed E-state index contributed by atoms with van der Waals surface area (Å²) in [7, 11) is 1.89. The number of alkyl halides is 1. The minimum absolute atomic E-state index is 0.251. The highest BCUT2D eigenvalue weighted by Crippen LogP contribution is 2.22. The number of aromatic nitrogens is 2. The lowest BCUT2D eigenvalue weighted by molar-refractivity contribution is 0.299. The first kappa shape index (κ1) is 13.9. The van der Waals surface area contributed by atoms with Gasteiger partial charge in [-0.1, -0.05) is 18.2 Å². The first-order valence-electron chi connectivity index (χ1n) is 6.56. The van der Waals surface area contributed by atoms with Crippen LogP contribution in [0.4, 0.5) is 4.39 Å². The lowest BCUT2D eigenvalue weighted by Gasteiger charge is -2.06. The molecule has 3 nitrogen and oxygen atoms in total. The molecule has 0 aliphatic rings. The van der Waals surface area contributed by atoms with Crippen LogP contribution in [0.5, 0.6) is 5.75 Å². The van der Waals surface area contributed by atoms with E-state index in [0.717, 1.165) is 16.6 Å².